The molecule has 0 atom stereocenters. The lowest BCUT2D eigenvalue weighted by atomic mass is 10.2. The zero-order chi connectivity index (χ0) is 20.8. The minimum Gasteiger partial charge on any atom is -0.339 e. The highest BCUT2D eigenvalue weighted by molar-refractivity contribution is 6.30. The smallest absolute Gasteiger partial charge is 0.169 e. The van der Waals surface area contributed by atoms with Crippen molar-refractivity contribution in [1.29, 1.82) is 0 Å². The summed E-state index contributed by atoms with van der Waals surface area (Å²) in [7, 11) is 0. The lowest BCUT2D eigenvalue weighted by Crippen LogP contribution is -2.31. The molecular weight excluding hydrogens is 402 g/mol. The Balaban J connectivity index is 1.74. The minimum atomic E-state index is 0.439. The summed E-state index contributed by atoms with van der Waals surface area (Å²) in [5.74, 6) is 1.28. The molecule has 2 aromatic carbocycles. The van der Waals surface area contributed by atoms with Crippen LogP contribution in [0.2, 0.25) is 5.02 Å². The van der Waals surface area contributed by atoms with Crippen molar-refractivity contribution in [3.63, 3.8) is 0 Å². The van der Waals surface area contributed by atoms with Gasteiger partial charge in [-0.3, -0.25) is 10.4 Å². The van der Waals surface area contributed by atoms with Crippen LogP contribution in [-0.4, -0.2) is 39.7 Å². The molecule has 0 aliphatic carbocycles. The molecule has 3 N–H and O–H groups in total. The molecule has 0 spiro atoms. The minimum absolute atomic E-state index is 0.439. The number of para-hydroxylation sites is 1. The van der Waals surface area contributed by atoms with E-state index in [1.54, 1.807) is 0 Å². The first-order valence-electron chi connectivity index (χ1n) is 9.45. The van der Waals surface area contributed by atoms with Gasteiger partial charge >= 0.3 is 0 Å². The monoisotopic (exact) mass is 421 g/mol. The molecule has 8 nitrogen and oxygen atoms in total. The predicted octanol–water partition coefficient (Wildman–Crippen LogP) is 4.02. The second-order valence-corrected chi connectivity index (χ2v) is 6.94. The van der Waals surface area contributed by atoms with Gasteiger partial charge in [0.05, 0.1) is 6.67 Å². The molecule has 0 unspecified atom stereocenters. The Labute approximate surface area is 178 Å². The molecule has 2 aromatic heterocycles. The summed E-state index contributed by atoms with van der Waals surface area (Å²) in [6.45, 7) is 1.03. The van der Waals surface area contributed by atoms with Gasteiger partial charge in [-0.15, -0.1) is 0 Å². The molecule has 2 heterocycles. The van der Waals surface area contributed by atoms with E-state index in [4.69, 9.17) is 11.6 Å². The Morgan fingerprint density at radius 1 is 1.10 bits per heavy atom. The average molecular weight is 422 g/mol. The number of carbonyl (C=O) groups is 1. The Hall–Kier alpha value is -3.49. The van der Waals surface area contributed by atoms with Gasteiger partial charge in [0.2, 0.25) is 0 Å². The van der Waals surface area contributed by atoms with Crippen LogP contribution in [0.4, 0.5) is 23.0 Å². The molecule has 30 heavy (non-hydrogen) atoms. The maximum atomic E-state index is 10.7. The molecule has 0 saturated carbocycles. The Morgan fingerprint density at radius 2 is 1.97 bits per heavy atom. The number of aromatic nitrogens is 4. The van der Waals surface area contributed by atoms with Gasteiger partial charge in [0, 0.05) is 29.4 Å². The lowest BCUT2D eigenvalue weighted by molar-refractivity contribution is -0.107. The molecule has 0 aliphatic heterocycles. The van der Waals surface area contributed by atoms with E-state index in [0.29, 0.717) is 41.9 Å². The number of benzene rings is 2. The van der Waals surface area contributed by atoms with Crippen LogP contribution >= 0.6 is 11.6 Å². The number of aldehydes is 1. The highest BCUT2D eigenvalue weighted by atomic mass is 35.5. The molecule has 9 heteroatoms. The first-order chi connectivity index (χ1) is 14.8. The number of hydrogen-bond donors (Lipinski definition) is 3. The second kappa shape index (κ2) is 9.34. The van der Waals surface area contributed by atoms with E-state index in [9.17, 15) is 4.79 Å². The van der Waals surface area contributed by atoms with E-state index >= 15 is 0 Å². The topological polar surface area (TPSA) is 98.8 Å². The molecule has 152 valence electrons. The van der Waals surface area contributed by atoms with E-state index in [1.807, 2.05) is 59.5 Å². The summed E-state index contributed by atoms with van der Waals surface area (Å²) in [5.41, 5.74) is 2.37. The quantitative estimate of drug-likeness (QED) is 0.213. The first-order valence-corrected chi connectivity index (χ1v) is 9.82. The van der Waals surface area contributed by atoms with Crippen molar-refractivity contribution in [3.05, 3.63) is 65.9 Å². The number of hydrogen-bond acceptors (Lipinski definition) is 7. The largest absolute Gasteiger partial charge is 0.339 e. The van der Waals surface area contributed by atoms with Crippen LogP contribution in [0.15, 0.2) is 60.9 Å². The van der Waals surface area contributed by atoms with Crippen molar-refractivity contribution < 1.29 is 4.79 Å². The van der Waals surface area contributed by atoms with Crippen molar-refractivity contribution in [3.8, 4) is 0 Å². The maximum absolute atomic E-state index is 10.7. The zero-order valence-corrected chi connectivity index (χ0v) is 16.8. The van der Waals surface area contributed by atoms with E-state index in [2.05, 4.69) is 30.8 Å². The number of nitrogens with one attached hydrogen (secondary N) is 3. The van der Waals surface area contributed by atoms with Crippen LogP contribution in [0.1, 0.15) is 6.42 Å². The zero-order valence-electron chi connectivity index (χ0n) is 16.0. The van der Waals surface area contributed by atoms with Crippen molar-refractivity contribution in [2.24, 2.45) is 0 Å². The SMILES string of the molecule is O=CCCNCN(c1ccccc1)c1n[nH]c2ncnc(Nc3cccc(Cl)c3)c12. The van der Waals surface area contributed by atoms with Gasteiger partial charge in [-0.05, 0) is 30.3 Å². The molecule has 0 fully saturated rings. The van der Waals surface area contributed by atoms with Crippen LogP contribution in [0.25, 0.3) is 11.0 Å². The molecule has 4 rings (SSSR count). The van der Waals surface area contributed by atoms with Gasteiger partial charge in [-0.2, -0.15) is 5.10 Å². The highest BCUT2D eigenvalue weighted by Crippen LogP contribution is 2.34. The molecule has 0 radical (unpaired) electrons. The third-order valence-corrected chi connectivity index (χ3v) is 4.69. The molecule has 0 amide bonds. The molecule has 0 bridgehead atoms. The third kappa shape index (κ3) is 4.40. The molecule has 0 saturated heterocycles. The van der Waals surface area contributed by atoms with Crippen LogP contribution in [0.3, 0.4) is 0 Å². The number of anilines is 4. The number of H-pyrrole nitrogens is 1. The van der Waals surface area contributed by atoms with Gasteiger partial charge in [-0.1, -0.05) is 35.9 Å². The van der Waals surface area contributed by atoms with Gasteiger partial charge in [0.1, 0.15) is 23.8 Å². The number of nitrogens with zero attached hydrogens (tertiary/aromatic N) is 4. The summed E-state index contributed by atoms with van der Waals surface area (Å²) in [5, 5.41) is 15.5. The summed E-state index contributed by atoms with van der Waals surface area (Å²) in [4.78, 5) is 21.4. The summed E-state index contributed by atoms with van der Waals surface area (Å²) in [6, 6.07) is 17.3. The summed E-state index contributed by atoms with van der Waals surface area (Å²) < 4.78 is 0. The first kappa shape index (κ1) is 19.8. The molecule has 4 aromatic rings. The Kier molecular flexibility index (Phi) is 6.17. The maximum Gasteiger partial charge on any atom is 0.169 e. The van der Waals surface area contributed by atoms with Gasteiger partial charge < -0.3 is 15.0 Å². The number of aromatic amines is 1. The standard InChI is InChI=1S/C21H20ClN7O/c22-15-6-4-7-16(12-15)26-19-18-20(25-13-24-19)27-28-21(18)29(14-23-10-5-11-30)17-8-2-1-3-9-17/h1-4,6-9,11-13,23H,5,10,14H2,(H2,24,25,26,27,28). The van der Waals surface area contributed by atoms with Crippen LogP contribution in [-0.2, 0) is 4.79 Å². The summed E-state index contributed by atoms with van der Waals surface area (Å²) >= 11 is 6.12. The summed E-state index contributed by atoms with van der Waals surface area (Å²) in [6.07, 6.45) is 2.81. The van der Waals surface area contributed by atoms with Crippen molar-refractivity contribution >= 4 is 51.9 Å². The van der Waals surface area contributed by atoms with Gasteiger partial charge in [0.15, 0.2) is 11.5 Å². The number of carbonyl (C=O) groups excluding carboxylic acids is 1. The van der Waals surface area contributed by atoms with E-state index in [-0.39, 0.29) is 0 Å². The number of fused-ring (bicyclic) bond motifs is 1. The highest BCUT2D eigenvalue weighted by Gasteiger charge is 2.20. The fourth-order valence-electron chi connectivity index (χ4n) is 3.09. The van der Waals surface area contributed by atoms with Crippen molar-refractivity contribution in [2.75, 3.05) is 23.4 Å². The van der Waals surface area contributed by atoms with Crippen LogP contribution < -0.4 is 15.5 Å². The van der Waals surface area contributed by atoms with E-state index in [1.165, 1.54) is 6.33 Å². The van der Waals surface area contributed by atoms with E-state index < -0.39 is 0 Å². The normalized spacial score (nSPS) is 10.8. The third-order valence-electron chi connectivity index (χ3n) is 4.46. The Morgan fingerprint density at radius 3 is 2.77 bits per heavy atom. The average Bonchev–Trinajstić information content (AvgIpc) is 3.19. The second-order valence-electron chi connectivity index (χ2n) is 6.51. The van der Waals surface area contributed by atoms with Crippen molar-refractivity contribution in [2.45, 2.75) is 6.42 Å². The van der Waals surface area contributed by atoms with Crippen molar-refractivity contribution in [1.82, 2.24) is 25.5 Å². The van der Waals surface area contributed by atoms with Crippen LogP contribution in [0, 0.1) is 0 Å². The predicted molar refractivity (Wildman–Crippen MR) is 119 cm³/mol. The number of rotatable bonds is 9. The lowest BCUT2D eigenvalue weighted by Gasteiger charge is -2.23. The van der Waals surface area contributed by atoms with Gasteiger partial charge in [0.25, 0.3) is 0 Å². The van der Waals surface area contributed by atoms with Crippen LogP contribution in [0.5, 0.6) is 0 Å². The molecule has 0 aliphatic rings. The Bertz CT molecular complexity index is 1130. The van der Waals surface area contributed by atoms with E-state index in [0.717, 1.165) is 23.0 Å². The fourth-order valence-corrected chi connectivity index (χ4v) is 3.28. The fraction of sp³-hybridized carbons (Fsp3) is 0.143. The number of halogens is 1. The van der Waals surface area contributed by atoms with Gasteiger partial charge in [-0.25, -0.2) is 9.97 Å². The molecular formula is C21H20ClN7O.